The molecule has 10 heteroatoms. The molecule has 2 atom stereocenters. The molecule has 0 aromatic carbocycles. The van der Waals surface area contributed by atoms with E-state index >= 15 is 0 Å². The third-order valence-electron chi connectivity index (χ3n) is 5.17. The number of amides is 1. The Balaban J connectivity index is 1.55. The van der Waals surface area contributed by atoms with Crippen LogP contribution >= 0.6 is 11.3 Å². The normalized spacial score (nSPS) is 18.8. The van der Waals surface area contributed by atoms with Crippen molar-refractivity contribution in [2.45, 2.75) is 37.8 Å². The van der Waals surface area contributed by atoms with Crippen molar-refractivity contribution in [1.82, 2.24) is 15.0 Å². The maximum absolute atomic E-state index is 12.9. The minimum atomic E-state index is -0.306. The Morgan fingerprint density at radius 2 is 2.03 bits per heavy atom. The van der Waals surface area contributed by atoms with Gasteiger partial charge in [0.1, 0.15) is 5.82 Å². The van der Waals surface area contributed by atoms with Crippen molar-refractivity contribution in [3.63, 3.8) is 0 Å². The molecule has 4 N–H and O–H groups in total. The molecule has 0 saturated heterocycles. The van der Waals surface area contributed by atoms with Crippen LogP contribution in [0.25, 0.3) is 10.2 Å². The van der Waals surface area contributed by atoms with Gasteiger partial charge in [0.15, 0.2) is 5.75 Å². The van der Waals surface area contributed by atoms with E-state index in [2.05, 4.69) is 25.6 Å². The Hall–Kier alpha value is -2.98. The molecular formula is C20H24N6O3S. The van der Waals surface area contributed by atoms with Gasteiger partial charge in [0, 0.05) is 17.5 Å². The van der Waals surface area contributed by atoms with E-state index in [9.17, 15) is 4.79 Å². The van der Waals surface area contributed by atoms with Gasteiger partial charge in [-0.3, -0.25) is 4.79 Å². The van der Waals surface area contributed by atoms with Crippen LogP contribution in [0.1, 0.15) is 36.0 Å². The van der Waals surface area contributed by atoms with Crippen LogP contribution in [0.3, 0.4) is 0 Å². The molecule has 1 amide bonds. The van der Waals surface area contributed by atoms with Crippen molar-refractivity contribution in [1.29, 1.82) is 0 Å². The highest BCUT2D eigenvalue weighted by Crippen LogP contribution is 2.28. The monoisotopic (exact) mass is 428 g/mol. The molecule has 4 rings (SSSR count). The third kappa shape index (κ3) is 4.14. The molecule has 0 aliphatic heterocycles. The van der Waals surface area contributed by atoms with Crippen LogP contribution in [0, 0.1) is 0 Å². The van der Waals surface area contributed by atoms with Gasteiger partial charge in [-0.2, -0.15) is 4.98 Å². The number of ether oxygens (including phenoxy) is 2. The lowest BCUT2D eigenvalue weighted by atomic mass is 9.91. The van der Waals surface area contributed by atoms with Gasteiger partial charge < -0.3 is 25.8 Å². The van der Waals surface area contributed by atoms with E-state index in [0.29, 0.717) is 34.5 Å². The summed E-state index contributed by atoms with van der Waals surface area (Å²) in [6, 6.07) is 3.56. The van der Waals surface area contributed by atoms with Gasteiger partial charge in [0.2, 0.25) is 5.95 Å². The molecule has 1 aliphatic rings. The fourth-order valence-electron chi connectivity index (χ4n) is 3.55. The molecule has 1 saturated carbocycles. The number of fused-ring (bicyclic) bond motifs is 1. The Kier molecular flexibility index (Phi) is 5.96. The summed E-state index contributed by atoms with van der Waals surface area (Å²) in [6.07, 6.45) is 6.00. The smallest absolute Gasteiger partial charge is 0.259 e. The minimum Gasteiger partial charge on any atom is -0.491 e. The lowest BCUT2D eigenvalue weighted by molar-refractivity contribution is 0.102. The number of rotatable bonds is 6. The van der Waals surface area contributed by atoms with Crippen LogP contribution in [0.5, 0.6) is 11.6 Å². The summed E-state index contributed by atoms with van der Waals surface area (Å²) in [5, 5.41) is 7.90. The first-order chi connectivity index (χ1) is 14.6. The Labute approximate surface area is 178 Å². The van der Waals surface area contributed by atoms with Crippen LogP contribution in [0.2, 0.25) is 0 Å². The second-order valence-corrected chi connectivity index (χ2v) is 8.03. The maximum Gasteiger partial charge on any atom is 0.259 e. The lowest BCUT2D eigenvalue weighted by Gasteiger charge is -2.29. The molecule has 0 spiro atoms. The molecule has 3 heterocycles. The second kappa shape index (κ2) is 8.80. The highest BCUT2D eigenvalue weighted by molar-refractivity contribution is 7.17. The summed E-state index contributed by atoms with van der Waals surface area (Å²) >= 11 is 1.42. The summed E-state index contributed by atoms with van der Waals surface area (Å²) in [4.78, 5) is 26.1. The topological polar surface area (TPSA) is 124 Å². The highest BCUT2D eigenvalue weighted by atomic mass is 32.1. The van der Waals surface area contributed by atoms with Crippen molar-refractivity contribution in [3.05, 3.63) is 29.3 Å². The largest absolute Gasteiger partial charge is 0.491 e. The molecule has 2 unspecified atom stereocenters. The summed E-state index contributed by atoms with van der Waals surface area (Å²) in [5.74, 6) is 1.32. The minimum absolute atomic E-state index is 0.0828. The van der Waals surface area contributed by atoms with E-state index < -0.39 is 0 Å². The van der Waals surface area contributed by atoms with Crippen LogP contribution in [-0.2, 0) is 0 Å². The average molecular weight is 429 g/mol. The van der Waals surface area contributed by atoms with E-state index in [0.717, 1.165) is 30.4 Å². The van der Waals surface area contributed by atoms with Gasteiger partial charge in [0.25, 0.3) is 11.8 Å². The predicted molar refractivity (Wildman–Crippen MR) is 117 cm³/mol. The summed E-state index contributed by atoms with van der Waals surface area (Å²) in [5.41, 5.74) is 7.28. The van der Waals surface area contributed by atoms with Crippen molar-refractivity contribution < 1.29 is 14.3 Å². The molecule has 3 aromatic heterocycles. The SMILES string of the molecule is COc1ccc(NC(=O)c2csc3cnc(NC4CCCCC4N)nc23)nc1OC. The molecule has 0 radical (unpaired) electrons. The zero-order valence-electron chi connectivity index (χ0n) is 16.8. The number of aromatic nitrogens is 3. The molecule has 30 heavy (non-hydrogen) atoms. The molecule has 1 fully saturated rings. The standard InChI is InChI=1S/C20H24N6O3S/c1-28-14-7-8-16(25-19(14)29-2)24-18(27)11-10-30-15-9-22-20(26-17(11)15)23-13-6-4-3-5-12(13)21/h7-10,12-13H,3-6,21H2,1-2H3,(H,22,23,26)(H,24,25,27). The van der Waals surface area contributed by atoms with Gasteiger partial charge in [-0.05, 0) is 25.0 Å². The van der Waals surface area contributed by atoms with Gasteiger partial charge >= 0.3 is 0 Å². The van der Waals surface area contributed by atoms with Gasteiger partial charge in [-0.15, -0.1) is 11.3 Å². The number of pyridine rings is 1. The summed E-state index contributed by atoms with van der Waals surface area (Å²) < 4.78 is 11.2. The van der Waals surface area contributed by atoms with Gasteiger partial charge in [-0.1, -0.05) is 12.8 Å². The molecule has 158 valence electrons. The molecular weight excluding hydrogens is 404 g/mol. The fraction of sp³-hybridized carbons (Fsp3) is 0.400. The van der Waals surface area contributed by atoms with Crippen LogP contribution in [-0.4, -0.2) is 47.2 Å². The molecule has 3 aromatic rings. The number of thiophene rings is 1. The number of hydrogen-bond donors (Lipinski definition) is 3. The van der Waals surface area contributed by atoms with E-state index in [1.807, 2.05) is 0 Å². The third-order valence-corrected chi connectivity index (χ3v) is 6.08. The number of methoxy groups -OCH3 is 2. The summed E-state index contributed by atoms with van der Waals surface area (Å²) in [6.45, 7) is 0. The zero-order chi connectivity index (χ0) is 21.1. The van der Waals surface area contributed by atoms with Gasteiger partial charge in [-0.25, -0.2) is 9.97 Å². The number of nitrogens with two attached hydrogens (primary N) is 1. The molecule has 0 bridgehead atoms. The quantitative estimate of drug-likeness (QED) is 0.547. The van der Waals surface area contributed by atoms with Crippen molar-refractivity contribution >= 4 is 39.2 Å². The Morgan fingerprint density at radius 1 is 1.20 bits per heavy atom. The first kappa shape index (κ1) is 20.3. The van der Waals surface area contributed by atoms with E-state index in [4.69, 9.17) is 15.2 Å². The molecule has 9 nitrogen and oxygen atoms in total. The number of carbonyl (C=O) groups is 1. The van der Waals surface area contributed by atoms with Crippen molar-refractivity contribution in [2.75, 3.05) is 24.9 Å². The van der Waals surface area contributed by atoms with E-state index in [-0.39, 0.29) is 18.0 Å². The van der Waals surface area contributed by atoms with E-state index in [1.165, 1.54) is 25.6 Å². The molecule has 1 aliphatic carbocycles. The van der Waals surface area contributed by atoms with Crippen molar-refractivity contribution in [2.24, 2.45) is 5.73 Å². The fourth-order valence-corrected chi connectivity index (χ4v) is 4.39. The number of nitrogens with zero attached hydrogens (tertiary/aromatic N) is 3. The first-order valence-corrected chi connectivity index (χ1v) is 10.6. The van der Waals surface area contributed by atoms with Crippen LogP contribution in [0.15, 0.2) is 23.7 Å². The summed E-state index contributed by atoms with van der Waals surface area (Å²) in [7, 11) is 3.02. The zero-order valence-corrected chi connectivity index (χ0v) is 17.7. The second-order valence-electron chi connectivity index (χ2n) is 7.12. The maximum atomic E-state index is 12.9. The number of anilines is 2. The van der Waals surface area contributed by atoms with Crippen molar-refractivity contribution in [3.8, 4) is 11.6 Å². The number of carbonyl (C=O) groups excluding carboxylic acids is 1. The number of hydrogen-bond acceptors (Lipinski definition) is 9. The lowest BCUT2D eigenvalue weighted by Crippen LogP contribution is -2.42. The Bertz CT molecular complexity index is 1060. The highest BCUT2D eigenvalue weighted by Gasteiger charge is 2.23. The van der Waals surface area contributed by atoms with Crippen LogP contribution < -0.4 is 25.8 Å². The average Bonchev–Trinajstić information content (AvgIpc) is 3.18. The number of nitrogens with one attached hydrogen (secondary N) is 2. The Morgan fingerprint density at radius 3 is 2.80 bits per heavy atom. The van der Waals surface area contributed by atoms with E-state index in [1.54, 1.807) is 23.7 Å². The van der Waals surface area contributed by atoms with Gasteiger partial charge in [0.05, 0.1) is 36.2 Å². The van der Waals surface area contributed by atoms with Crippen LogP contribution in [0.4, 0.5) is 11.8 Å². The first-order valence-electron chi connectivity index (χ1n) is 9.75. The predicted octanol–water partition coefficient (Wildman–Crippen LogP) is 3.04.